The van der Waals surface area contributed by atoms with Crippen molar-refractivity contribution in [3.05, 3.63) is 65.2 Å². The molecule has 0 saturated carbocycles. The summed E-state index contributed by atoms with van der Waals surface area (Å²) in [7, 11) is 0. The highest BCUT2D eigenvalue weighted by Crippen LogP contribution is 2.43. The Morgan fingerprint density at radius 1 is 0.969 bits per heavy atom. The lowest BCUT2D eigenvalue weighted by molar-refractivity contribution is -0.140. The standard InChI is InChI=1S/C24H23NO7/c26-19(27)9-5-2-6-12-25-21(16-10-11-17-18(13-16)32-14-31-17)20(23(29)24(25)30)22(28)15-7-3-1-4-8-15/h1,3-4,7-8,10-11,13,21,28H,2,5-6,9,12,14H2,(H,26,27)/b22-20-. The first-order chi connectivity index (χ1) is 15.5. The minimum absolute atomic E-state index is 0.0191. The lowest BCUT2D eigenvalue weighted by atomic mass is 9.95. The van der Waals surface area contributed by atoms with Crippen molar-refractivity contribution in [2.24, 2.45) is 0 Å². The third kappa shape index (κ3) is 4.16. The molecule has 2 N–H and O–H groups in total. The molecule has 1 saturated heterocycles. The number of ether oxygens (including phenoxy) is 2. The molecule has 0 aliphatic carbocycles. The molecule has 2 aliphatic heterocycles. The second-order valence-corrected chi connectivity index (χ2v) is 7.68. The van der Waals surface area contributed by atoms with Crippen LogP contribution in [0, 0.1) is 0 Å². The first kappa shape index (κ1) is 21.4. The number of nitrogens with zero attached hydrogens (tertiary/aromatic N) is 1. The number of rotatable bonds is 8. The summed E-state index contributed by atoms with van der Waals surface area (Å²) in [4.78, 5) is 38.1. The van der Waals surface area contributed by atoms with E-state index >= 15 is 0 Å². The van der Waals surface area contributed by atoms with Gasteiger partial charge in [-0.2, -0.15) is 0 Å². The van der Waals surface area contributed by atoms with Crippen molar-refractivity contribution in [3.63, 3.8) is 0 Å². The number of carboxylic acids is 1. The maximum Gasteiger partial charge on any atom is 0.303 e. The lowest BCUT2D eigenvalue weighted by Crippen LogP contribution is -2.30. The molecule has 2 aliphatic rings. The smallest absolute Gasteiger partial charge is 0.303 e. The van der Waals surface area contributed by atoms with Gasteiger partial charge in [0.2, 0.25) is 6.79 Å². The summed E-state index contributed by atoms with van der Waals surface area (Å²) < 4.78 is 10.8. The van der Waals surface area contributed by atoms with Crippen molar-refractivity contribution in [1.29, 1.82) is 0 Å². The molecular weight excluding hydrogens is 414 g/mol. The highest BCUT2D eigenvalue weighted by atomic mass is 16.7. The van der Waals surface area contributed by atoms with Crippen LogP contribution >= 0.6 is 0 Å². The van der Waals surface area contributed by atoms with Crippen LogP contribution in [0.1, 0.15) is 42.9 Å². The van der Waals surface area contributed by atoms with Crippen LogP contribution in [0.4, 0.5) is 0 Å². The molecule has 0 radical (unpaired) electrons. The zero-order chi connectivity index (χ0) is 22.7. The van der Waals surface area contributed by atoms with Crippen molar-refractivity contribution in [1.82, 2.24) is 4.90 Å². The Kier molecular flexibility index (Phi) is 6.11. The van der Waals surface area contributed by atoms with Gasteiger partial charge >= 0.3 is 5.97 Å². The van der Waals surface area contributed by atoms with Crippen LogP contribution in [0.5, 0.6) is 11.5 Å². The molecule has 8 nitrogen and oxygen atoms in total. The van der Waals surface area contributed by atoms with Crippen LogP contribution in [0.25, 0.3) is 5.76 Å². The molecule has 1 atom stereocenters. The number of carboxylic acid groups (broad SMARTS) is 1. The second-order valence-electron chi connectivity index (χ2n) is 7.68. The third-order valence-electron chi connectivity index (χ3n) is 5.59. The second kappa shape index (κ2) is 9.13. The summed E-state index contributed by atoms with van der Waals surface area (Å²) in [6.45, 7) is 0.349. The molecule has 2 heterocycles. The summed E-state index contributed by atoms with van der Waals surface area (Å²) in [5.74, 6) is -1.46. The molecule has 2 aromatic carbocycles. The van der Waals surface area contributed by atoms with Crippen LogP contribution in [0.2, 0.25) is 0 Å². The highest BCUT2D eigenvalue weighted by Gasteiger charge is 2.46. The average molecular weight is 437 g/mol. The van der Waals surface area contributed by atoms with E-state index in [0.717, 1.165) is 0 Å². The quantitative estimate of drug-likeness (QED) is 0.281. The predicted octanol–water partition coefficient (Wildman–Crippen LogP) is 3.48. The van der Waals surface area contributed by atoms with E-state index in [1.54, 1.807) is 48.5 Å². The van der Waals surface area contributed by atoms with Gasteiger partial charge in [-0.05, 0) is 30.5 Å². The maximum atomic E-state index is 13.0. The molecule has 4 rings (SSSR count). The number of aliphatic carboxylic acids is 1. The number of likely N-dealkylation sites (tertiary alicyclic amines) is 1. The van der Waals surface area contributed by atoms with Crippen molar-refractivity contribution in [3.8, 4) is 11.5 Å². The molecule has 8 heteroatoms. The van der Waals surface area contributed by atoms with Gasteiger partial charge in [0.15, 0.2) is 11.5 Å². The molecule has 1 amide bonds. The van der Waals surface area contributed by atoms with Gasteiger partial charge in [-0.15, -0.1) is 0 Å². The van der Waals surface area contributed by atoms with Crippen molar-refractivity contribution in [2.45, 2.75) is 31.7 Å². The number of unbranched alkanes of at least 4 members (excludes halogenated alkanes) is 2. The number of fused-ring (bicyclic) bond motifs is 1. The number of hydrogen-bond acceptors (Lipinski definition) is 6. The molecular formula is C24H23NO7. The average Bonchev–Trinajstić information content (AvgIpc) is 3.36. The SMILES string of the molecule is O=C(O)CCCCCN1C(=O)C(=O)/C(=C(\O)c2ccccc2)C1c1ccc2c(c1)OCO2. The zero-order valence-electron chi connectivity index (χ0n) is 17.3. The van der Waals surface area contributed by atoms with E-state index in [-0.39, 0.29) is 31.1 Å². The molecule has 0 bridgehead atoms. The summed E-state index contributed by atoms with van der Waals surface area (Å²) in [5, 5.41) is 19.8. The van der Waals surface area contributed by atoms with Gasteiger partial charge in [0.05, 0.1) is 11.6 Å². The van der Waals surface area contributed by atoms with Crippen molar-refractivity contribution < 1.29 is 34.1 Å². The minimum Gasteiger partial charge on any atom is -0.507 e. The van der Waals surface area contributed by atoms with Gasteiger partial charge in [-0.3, -0.25) is 14.4 Å². The van der Waals surface area contributed by atoms with Crippen LogP contribution in [-0.4, -0.2) is 46.1 Å². The highest BCUT2D eigenvalue weighted by molar-refractivity contribution is 6.46. The van der Waals surface area contributed by atoms with Crippen LogP contribution in [-0.2, 0) is 14.4 Å². The number of hydrogen-bond donors (Lipinski definition) is 2. The van der Waals surface area contributed by atoms with Crippen LogP contribution < -0.4 is 9.47 Å². The summed E-state index contributed by atoms with van der Waals surface area (Å²) in [5.41, 5.74) is 1.08. The molecule has 1 fully saturated rings. The number of carbonyl (C=O) groups excluding carboxylic acids is 2. The van der Waals surface area contributed by atoms with Gasteiger partial charge < -0.3 is 24.6 Å². The molecule has 0 spiro atoms. The summed E-state index contributed by atoms with van der Waals surface area (Å²) in [6.07, 6.45) is 1.67. The fourth-order valence-electron chi connectivity index (χ4n) is 4.03. The first-order valence-electron chi connectivity index (χ1n) is 10.4. The Balaban J connectivity index is 1.69. The zero-order valence-corrected chi connectivity index (χ0v) is 17.3. The van der Waals surface area contributed by atoms with E-state index in [4.69, 9.17) is 14.6 Å². The number of benzene rings is 2. The number of ketones is 1. The Hall–Kier alpha value is -3.81. The Morgan fingerprint density at radius 2 is 1.72 bits per heavy atom. The molecule has 2 aromatic rings. The predicted molar refractivity (Wildman–Crippen MR) is 114 cm³/mol. The first-order valence-corrected chi connectivity index (χ1v) is 10.4. The number of aliphatic hydroxyl groups excluding tert-OH is 1. The van der Waals surface area contributed by atoms with Crippen molar-refractivity contribution in [2.75, 3.05) is 13.3 Å². The molecule has 1 unspecified atom stereocenters. The van der Waals surface area contributed by atoms with E-state index in [0.29, 0.717) is 41.9 Å². The lowest BCUT2D eigenvalue weighted by Gasteiger charge is -2.25. The van der Waals surface area contributed by atoms with Gasteiger partial charge in [-0.1, -0.05) is 42.8 Å². The van der Waals surface area contributed by atoms with Crippen LogP contribution in [0.3, 0.4) is 0 Å². The number of Topliss-reactive ketones (excluding diaryl/α,β-unsaturated/α-hetero) is 1. The largest absolute Gasteiger partial charge is 0.507 e. The monoisotopic (exact) mass is 437 g/mol. The minimum atomic E-state index is -0.867. The number of aliphatic hydroxyl groups is 1. The molecule has 32 heavy (non-hydrogen) atoms. The Labute approximate surface area is 184 Å². The van der Waals surface area contributed by atoms with E-state index < -0.39 is 23.7 Å². The topological polar surface area (TPSA) is 113 Å². The Morgan fingerprint density at radius 3 is 2.47 bits per heavy atom. The normalized spacial score (nSPS) is 18.9. The molecule has 166 valence electrons. The molecule has 0 aromatic heterocycles. The van der Waals surface area contributed by atoms with Gasteiger partial charge in [0, 0.05) is 18.5 Å². The maximum absolute atomic E-state index is 13.0. The summed E-state index contributed by atoms with van der Waals surface area (Å²) in [6, 6.07) is 13.0. The number of amides is 1. The fraction of sp³-hybridized carbons (Fsp3) is 0.292. The van der Waals surface area contributed by atoms with E-state index in [1.807, 2.05) is 0 Å². The van der Waals surface area contributed by atoms with Crippen LogP contribution in [0.15, 0.2) is 54.1 Å². The number of carbonyl (C=O) groups is 3. The Bertz CT molecular complexity index is 1080. The van der Waals surface area contributed by atoms with Crippen molar-refractivity contribution >= 4 is 23.4 Å². The van der Waals surface area contributed by atoms with Gasteiger partial charge in [-0.25, -0.2) is 0 Å². The summed E-state index contributed by atoms with van der Waals surface area (Å²) >= 11 is 0. The third-order valence-corrected chi connectivity index (χ3v) is 5.59. The fourth-order valence-corrected chi connectivity index (χ4v) is 4.03. The van der Waals surface area contributed by atoms with Gasteiger partial charge in [0.25, 0.3) is 11.7 Å². The van der Waals surface area contributed by atoms with E-state index in [1.165, 1.54) is 4.90 Å². The van der Waals surface area contributed by atoms with E-state index in [9.17, 15) is 19.5 Å². The van der Waals surface area contributed by atoms with E-state index in [2.05, 4.69) is 0 Å². The van der Waals surface area contributed by atoms with Gasteiger partial charge in [0.1, 0.15) is 5.76 Å².